The fourth-order valence-electron chi connectivity index (χ4n) is 2.72. The van der Waals surface area contributed by atoms with E-state index in [0.717, 1.165) is 17.7 Å². The van der Waals surface area contributed by atoms with Crippen LogP contribution in [-0.2, 0) is 15.6 Å². The molecule has 3 rings (SSSR count). The normalized spacial score (nSPS) is 20.5. The number of nitrogens with two attached hydrogens (primary N) is 1. The molecule has 0 radical (unpaired) electrons. The lowest BCUT2D eigenvalue weighted by atomic mass is 9.89. The molecule has 138 valence electrons. The highest BCUT2D eigenvalue weighted by molar-refractivity contribution is 8.13. The monoisotopic (exact) mass is 429 g/mol. The number of sulfonamides is 1. The highest BCUT2D eigenvalue weighted by Gasteiger charge is 2.30. The number of aliphatic imine (C=N–C) groups is 1. The van der Waals surface area contributed by atoms with Gasteiger partial charge in [0.25, 0.3) is 10.0 Å². The molecule has 26 heavy (non-hydrogen) atoms. The quantitative estimate of drug-likeness (QED) is 0.750. The van der Waals surface area contributed by atoms with Gasteiger partial charge in [-0.05, 0) is 49.2 Å². The molecule has 5 nitrogen and oxygen atoms in total. The van der Waals surface area contributed by atoms with E-state index in [0.29, 0.717) is 15.9 Å². The molecule has 2 aromatic carbocycles. The zero-order valence-corrected chi connectivity index (χ0v) is 17.0. The van der Waals surface area contributed by atoms with Gasteiger partial charge in [0.2, 0.25) is 0 Å². The van der Waals surface area contributed by atoms with Crippen LogP contribution in [0.3, 0.4) is 0 Å². The topological polar surface area (TPSA) is 84.5 Å². The Morgan fingerprint density at radius 1 is 1.23 bits per heavy atom. The van der Waals surface area contributed by atoms with Crippen LogP contribution in [0.15, 0.2) is 52.4 Å². The summed E-state index contributed by atoms with van der Waals surface area (Å²) in [6.07, 6.45) is 0.817. The van der Waals surface area contributed by atoms with Gasteiger partial charge in [-0.2, -0.15) is 0 Å². The predicted molar refractivity (Wildman–Crippen MR) is 110 cm³/mol. The Kier molecular flexibility index (Phi) is 5.44. The largest absolute Gasteiger partial charge is 0.379 e. The first-order chi connectivity index (χ1) is 12.2. The molecular weight excluding hydrogens is 413 g/mol. The molecule has 0 saturated heterocycles. The van der Waals surface area contributed by atoms with Crippen LogP contribution in [0.4, 0.5) is 5.69 Å². The van der Waals surface area contributed by atoms with Gasteiger partial charge in [-0.25, -0.2) is 8.42 Å². The number of hydrogen-bond acceptors (Lipinski definition) is 5. The molecule has 3 N–H and O–H groups in total. The maximum absolute atomic E-state index is 12.7. The maximum atomic E-state index is 12.7. The fraction of sp³-hybridized carbons (Fsp3) is 0.235. The van der Waals surface area contributed by atoms with E-state index in [-0.39, 0.29) is 9.92 Å². The summed E-state index contributed by atoms with van der Waals surface area (Å²) in [6, 6.07) is 11.4. The standard InChI is InChI=1S/C17H17Cl2N3O2S2/c1-17(7-8-25-16(20)21-17)11-3-2-4-13(9-11)22-26(23,24)15-6-5-12(18)10-14(15)19/h2-6,9-10,22H,7-8H2,1H3,(H2,20,21). The Morgan fingerprint density at radius 2 is 2.00 bits per heavy atom. The van der Waals surface area contributed by atoms with Gasteiger partial charge in [0.05, 0.1) is 10.6 Å². The summed E-state index contributed by atoms with van der Waals surface area (Å²) in [5.41, 5.74) is 6.71. The van der Waals surface area contributed by atoms with Gasteiger partial charge >= 0.3 is 0 Å². The first kappa shape index (κ1) is 19.4. The van der Waals surface area contributed by atoms with Crippen molar-refractivity contribution in [2.24, 2.45) is 10.7 Å². The molecule has 0 saturated carbocycles. The SMILES string of the molecule is CC1(c2cccc(NS(=O)(=O)c3ccc(Cl)cc3Cl)c2)CCSC(N)=N1. The molecule has 1 heterocycles. The van der Waals surface area contributed by atoms with Gasteiger partial charge in [-0.1, -0.05) is 47.1 Å². The Labute approximate surface area is 167 Å². The summed E-state index contributed by atoms with van der Waals surface area (Å²) >= 11 is 13.4. The van der Waals surface area contributed by atoms with Gasteiger partial charge in [0.15, 0.2) is 5.17 Å². The van der Waals surface area contributed by atoms with Crippen molar-refractivity contribution in [2.45, 2.75) is 23.8 Å². The first-order valence-corrected chi connectivity index (χ1v) is 11.0. The minimum Gasteiger partial charge on any atom is -0.379 e. The molecule has 0 fully saturated rings. The Balaban J connectivity index is 1.93. The van der Waals surface area contributed by atoms with Gasteiger partial charge in [0, 0.05) is 16.5 Å². The van der Waals surface area contributed by atoms with E-state index < -0.39 is 15.6 Å². The second kappa shape index (κ2) is 7.31. The van der Waals surface area contributed by atoms with E-state index in [2.05, 4.69) is 9.71 Å². The molecule has 9 heteroatoms. The van der Waals surface area contributed by atoms with Crippen molar-refractivity contribution in [3.05, 3.63) is 58.1 Å². The van der Waals surface area contributed by atoms with Crippen molar-refractivity contribution in [2.75, 3.05) is 10.5 Å². The lowest BCUT2D eigenvalue weighted by Crippen LogP contribution is -2.28. The number of rotatable bonds is 4. The van der Waals surface area contributed by atoms with E-state index in [1.165, 1.54) is 30.0 Å². The van der Waals surface area contributed by atoms with Crippen LogP contribution in [0, 0.1) is 0 Å². The van der Waals surface area contributed by atoms with Crippen LogP contribution < -0.4 is 10.5 Å². The highest BCUT2D eigenvalue weighted by atomic mass is 35.5. The van der Waals surface area contributed by atoms with Crippen molar-refractivity contribution < 1.29 is 8.42 Å². The maximum Gasteiger partial charge on any atom is 0.263 e. The van der Waals surface area contributed by atoms with Crippen molar-refractivity contribution in [3.8, 4) is 0 Å². The number of hydrogen-bond donors (Lipinski definition) is 2. The minimum atomic E-state index is -3.84. The third-order valence-electron chi connectivity index (χ3n) is 4.12. The summed E-state index contributed by atoms with van der Waals surface area (Å²) in [7, 11) is -3.84. The summed E-state index contributed by atoms with van der Waals surface area (Å²) in [5, 5.41) is 0.974. The molecule has 1 unspecified atom stereocenters. The number of amidine groups is 1. The molecular formula is C17H17Cl2N3O2S2. The Hall–Kier alpha value is -1.41. The Morgan fingerprint density at radius 3 is 2.69 bits per heavy atom. The first-order valence-electron chi connectivity index (χ1n) is 7.76. The molecule has 1 aliphatic heterocycles. The number of nitrogens with one attached hydrogen (secondary N) is 1. The van der Waals surface area contributed by atoms with Crippen LogP contribution in [0.5, 0.6) is 0 Å². The lowest BCUT2D eigenvalue weighted by Gasteiger charge is -2.30. The van der Waals surface area contributed by atoms with Crippen molar-refractivity contribution in [1.82, 2.24) is 0 Å². The second-order valence-corrected chi connectivity index (χ2v) is 9.69. The molecule has 0 aliphatic carbocycles. The van der Waals surface area contributed by atoms with Gasteiger partial charge in [0.1, 0.15) is 4.90 Å². The van der Waals surface area contributed by atoms with E-state index in [4.69, 9.17) is 28.9 Å². The summed E-state index contributed by atoms with van der Waals surface area (Å²) in [6.45, 7) is 1.99. The van der Waals surface area contributed by atoms with Crippen molar-refractivity contribution >= 4 is 55.8 Å². The van der Waals surface area contributed by atoms with Crippen molar-refractivity contribution in [3.63, 3.8) is 0 Å². The van der Waals surface area contributed by atoms with Crippen molar-refractivity contribution in [1.29, 1.82) is 0 Å². The molecule has 1 atom stereocenters. The fourth-order valence-corrected chi connectivity index (χ4v) is 5.51. The summed E-state index contributed by atoms with van der Waals surface area (Å²) < 4.78 is 27.9. The van der Waals surface area contributed by atoms with E-state index in [9.17, 15) is 8.42 Å². The third-order valence-corrected chi connectivity index (χ3v) is 7.01. The van der Waals surface area contributed by atoms with Crippen LogP contribution >= 0.6 is 35.0 Å². The van der Waals surface area contributed by atoms with Crippen LogP contribution in [0.25, 0.3) is 0 Å². The average Bonchev–Trinajstić information content (AvgIpc) is 2.54. The zero-order chi connectivity index (χ0) is 18.9. The van der Waals surface area contributed by atoms with Crippen LogP contribution in [-0.4, -0.2) is 19.3 Å². The Bertz CT molecular complexity index is 980. The molecule has 2 aromatic rings. The summed E-state index contributed by atoms with van der Waals surface area (Å²) in [5.74, 6) is 0.863. The van der Waals surface area contributed by atoms with Gasteiger partial charge < -0.3 is 5.73 Å². The molecule has 0 aromatic heterocycles. The molecule has 0 amide bonds. The van der Waals surface area contributed by atoms with E-state index in [1.54, 1.807) is 18.2 Å². The number of halogens is 2. The number of benzene rings is 2. The molecule has 0 bridgehead atoms. The third kappa shape index (κ3) is 4.11. The number of anilines is 1. The average molecular weight is 430 g/mol. The van der Waals surface area contributed by atoms with E-state index in [1.807, 2.05) is 13.0 Å². The van der Waals surface area contributed by atoms with Crippen LogP contribution in [0.1, 0.15) is 18.9 Å². The lowest BCUT2D eigenvalue weighted by molar-refractivity contribution is 0.482. The summed E-state index contributed by atoms with van der Waals surface area (Å²) in [4.78, 5) is 4.52. The minimum absolute atomic E-state index is 0.0310. The highest BCUT2D eigenvalue weighted by Crippen LogP contribution is 2.36. The zero-order valence-electron chi connectivity index (χ0n) is 13.9. The second-order valence-electron chi connectivity index (χ2n) is 6.08. The van der Waals surface area contributed by atoms with E-state index >= 15 is 0 Å². The van der Waals surface area contributed by atoms with Gasteiger partial charge in [-0.3, -0.25) is 9.71 Å². The molecule has 0 spiro atoms. The van der Waals surface area contributed by atoms with Gasteiger partial charge in [-0.15, -0.1) is 0 Å². The smallest absolute Gasteiger partial charge is 0.263 e. The number of thioether (sulfide) groups is 1. The predicted octanol–water partition coefficient (Wildman–Crippen LogP) is 4.46. The van der Waals surface area contributed by atoms with Crippen LogP contribution in [0.2, 0.25) is 10.0 Å². The number of nitrogens with zero attached hydrogens (tertiary/aromatic N) is 1. The molecule has 1 aliphatic rings.